The van der Waals surface area contributed by atoms with E-state index in [9.17, 15) is 0 Å². The number of nitrogens with one attached hydrogen (secondary N) is 1. The smallest absolute Gasteiger partial charge is 0.154 e. The first kappa shape index (κ1) is 25.7. The number of aliphatic imine (C=N–C) groups is 1. The summed E-state index contributed by atoms with van der Waals surface area (Å²) in [5.41, 5.74) is 12.9. The Morgan fingerprint density at radius 2 is 1.55 bits per heavy atom. The van der Waals surface area contributed by atoms with Gasteiger partial charge in [-0.3, -0.25) is 5.41 Å². The monoisotopic (exact) mass is 561 g/mol. The van der Waals surface area contributed by atoms with Gasteiger partial charge >= 0.3 is 0 Å². The maximum Gasteiger partial charge on any atom is 0.154 e. The van der Waals surface area contributed by atoms with Gasteiger partial charge in [-0.1, -0.05) is 97.1 Å². The second-order valence-electron chi connectivity index (χ2n) is 10.1. The first-order valence-electron chi connectivity index (χ1n) is 13.8. The fourth-order valence-electron chi connectivity index (χ4n) is 5.49. The van der Waals surface area contributed by atoms with E-state index < -0.39 is 0 Å². The summed E-state index contributed by atoms with van der Waals surface area (Å²) in [6, 6.07) is 34.8. The third-order valence-electron chi connectivity index (χ3n) is 7.50. The molecule has 3 N–H and O–H groups in total. The van der Waals surface area contributed by atoms with E-state index in [-0.39, 0.29) is 11.7 Å². The van der Waals surface area contributed by atoms with Crippen LogP contribution in [0.3, 0.4) is 0 Å². The Labute approximate surface area is 247 Å². The number of benzene rings is 5. The van der Waals surface area contributed by atoms with Crippen LogP contribution in [0, 0.1) is 5.41 Å². The number of thiophene rings is 1. The molecule has 42 heavy (non-hydrogen) atoms. The Morgan fingerprint density at radius 1 is 0.786 bits per heavy atom. The lowest BCUT2D eigenvalue weighted by Crippen LogP contribution is -2.17. The maximum absolute atomic E-state index is 8.81. The summed E-state index contributed by atoms with van der Waals surface area (Å²) in [6.07, 6.45) is 7.98. The Morgan fingerprint density at radius 3 is 2.38 bits per heavy atom. The van der Waals surface area contributed by atoms with E-state index >= 15 is 0 Å². The molecule has 0 radical (unpaired) electrons. The van der Waals surface area contributed by atoms with Gasteiger partial charge in [0.05, 0.1) is 0 Å². The van der Waals surface area contributed by atoms with Crippen molar-refractivity contribution in [2.45, 2.75) is 6.92 Å². The zero-order valence-corrected chi connectivity index (χ0v) is 23.8. The van der Waals surface area contributed by atoms with Crippen molar-refractivity contribution in [1.29, 1.82) is 5.41 Å². The second kappa shape index (κ2) is 10.6. The van der Waals surface area contributed by atoms with Crippen LogP contribution < -0.4 is 5.73 Å². The SMILES string of the molecule is C/C=C\C=C/c1ccc(C(=N)N=C(N)c2c(-c3ccc4c(c3)sc3ccccc34)ccc3oc4ccccc4c23)cc1. The predicted molar refractivity (Wildman–Crippen MR) is 180 cm³/mol. The summed E-state index contributed by atoms with van der Waals surface area (Å²) < 4.78 is 8.69. The van der Waals surface area contributed by atoms with Gasteiger partial charge in [-0.15, -0.1) is 11.3 Å². The summed E-state index contributed by atoms with van der Waals surface area (Å²) in [5, 5.41) is 13.2. The number of nitrogens with two attached hydrogens (primary N) is 1. The normalized spacial score (nSPS) is 12.5. The molecule has 7 rings (SSSR count). The van der Waals surface area contributed by atoms with E-state index in [1.165, 1.54) is 20.2 Å². The summed E-state index contributed by atoms with van der Waals surface area (Å²) in [4.78, 5) is 4.65. The third-order valence-corrected chi connectivity index (χ3v) is 8.63. The van der Waals surface area contributed by atoms with Gasteiger partial charge in [0.25, 0.3) is 0 Å². The van der Waals surface area contributed by atoms with E-state index in [1.807, 2.05) is 91.9 Å². The molecule has 4 nitrogen and oxygen atoms in total. The largest absolute Gasteiger partial charge is 0.456 e. The van der Waals surface area contributed by atoms with Crippen LogP contribution in [0.4, 0.5) is 0 Å². The lowest BCUT2D eigenvalue weighted by atomic mass is 9.94. The second-order valence-corrected chi connectivity index (χ2v) is 11.2. The average molecular weight is 562 g/mol. The molecule has 0 atom stereocenters. The van der Waals surface area contributed by atoms with Crippen LogP contribution in [0.25, 0.3) is 59.3 Å². The number of furan rings is 1. The van der Waals surface area contributed by atoms with Crippen LogP contribution in [0.5, 0.6) is 0 Å². The number of para-hydroxylation sites is 1. The molecule has 0 fully saturated rings. The quantitative estimate of drug-likeness (QED) is 0.125. The molecule has 202 valence electrons. The highest BCUT2D eigenvalue weighted by Crippen LogP contribution is 2.40. The molecule has 0 aliphatic rings. The van der Waals surface area contributed by atoms with Gasteiger partial charge < -0.3 is 10.2 Å². The molecule has 7 aromatic rings. The van der Waals surface area contributed by atoms with Crippen molar-refractivity contribution < 1.29 is 4.42 Å². The van der Waals surface area contributed by atoms with Gasteiger partial charge in [-0.05, 0) is 53.9 Å². The van der Waals surface area contributed by atoms with Crippen LogP contribution in [0.1, 0.15) is 23.6 Å². The van der Waals surface area contributed by atoms with Gasteiger partial charge in [0.2, 0.25) is 0 Å². The zero-order chi connectivity index (χ0) is 28.6. The molecule has 5 heteroatoms. The number of hydrogen-bond donors (Lipinski definition) is 2. The fourth-order valence-corrected chi connectivity index (χ4v) is 6.63. The minimum absolute atomic E-state index is 0.104. The summed E-state index contributed by atoms with van der Waals surface area (Å²) in [6.45, 7) is 1.98. The number of allylic oxidation sites excluding steroid dienone is 3. The van der Waals surface area contributed by atoms with E-state index in [0.29, 0.717) is 5.56 Å². The standard InChI is InChI=1S/C37H27N3OS/c1-2-3-4-9-23-14-16-24(17-15-23)36(38)40-37(39)35-26(20-21-31-34(35)29-11-5-7-12-30(29)41-31)25-18-19-28-27-10-6-8-13-32(27)42-33(28)22-25/h2-22H,1H3,(H3,38,39,40)/b3-2-,9-4-. The molecular formula is C37H27N3OS. The summed E-state index contributed by atoms with van der Waals surface area (Å²) in [5.74, 6) is 0.382. The van der Waals surface area contributed by atoms with Gasteiger partial charge in [0.15, 0.2) is 5.84 Å². The molecule has 0 spiro atoms. The number of rotatable bonds is 5. The number of fused-ring (bicyclic) bond motifs is 6. The van der Waals surface area contributed by atoms with Gasteiger partial charge in [0.1, 0.15) is 17.0 Å². The lowest BCUT2D eigenvalue weighted by molar-refractivity contribution is 0.669. The molecule has 0 saturated heterocycles. The molecule has 0 aliphatic carbocycles. The first-order valence-corrected chi connectivity index (χ1v) is 14.6. The number of amidine groups is 2. The predicted octanol–water partition coefficient (Wildman–Crippen LogP) is 9.94. The van der Waals surface area contributed by atoms with Crippen molar-refractivity contribution in [3.63, 3.8) is 0 Å². The molecule has 0 amide bonds. The van der Waals surface area contributed by atoms with Crippen molar-refractivity contribution in [1.82, 2.24) is 0 Å². The van der Waals surface area contributed by atoms with Crippen LogP contribution >= 0.6 is 11.3 Å². The number of nitrogens with zero attached hydrogens (tertiary/aromatic N) is 1. The lowest BCUT2D eigenvalue weighted by Gasteiger charge is -2.12. The van der Waals surface area contributed by atoms with E-state index in [0.717, 1.165) is 44.2 Å². The minimum atomic E-state index is 0.104. The third kappa shape index (κ3) is 4.50. The molecule has 2 aromatic heterocycles. The van der Waals surface area contributed by atoms with E-state index in [1.54, 1.807) is 11.3 Å². The maximum atomic E-state index is 8.81. The van der Waals surface area contributed by atoms with Gasteiger partial charge in [-0.2, -0.15) is 0 Å². The van der Waals surface area contributed by atoms with Crippen molar-refractivity contribution in [2.75, 3.05) is 0 Å². The van der Waals surface area contributed by atoms with Crippen molar-refractivity contribution in [3.05, 3.63) is 138 Å². The van der Waals surface area contributed by atoms with Crippen LogP contribution in [0.15, 0.2) is 131 Å². The fraction of sp³-hybridized carbons (Fsp3) is 0.0270. The van der Waals surface area contributed by atoms with E-state index in [2.05, 4.69) is 47.5 Å². The Bertz CT molecular complexity index is 2230. The first-order chi connectivity index (χ1) is 20.6. The van der Waals surface area contributed by atoms with Crippen LogP contribution in [-0.4, -0.2) is 11.7 Å². The number of hydrogen-bond acceptors (Lipinski definition) is 3. The highest BCUT2D eigenvalue weighted by Gasteiger charge is 2.20. The summed E-state index contributed by atoms with van der Waals surface area (Å²) in [7, 11) is 0. The Balaban J connectivity index is 1.38. The molecule has 2 heterocycles. The molecule has 0 bridgehead atoms. The summed E-state index contributed by atoms with van der Waals surface area (Å²) >= 11 is 1.79. The van der Waals surface area contributed by atoms with Crippen LogP contribution in [0.2, 0.25) is 0 Å². The van der Waals surface area contributed by atoms with Crippen molar-refractivity contribution >= 4 is 71.2 Å². The highest BCUT2D eigenvalue weighted by molar-refractivity contribution is 7.25. The topological polar surface area (TPSA) is 75.4 Å². The zero-order valence-electron chi connectivity index (χ0n) is 23.0. The minimum Gasteiger partial charge on any atom is -0.456 e. The molecular weight excluding hydrogens is 534 g/mol. The van der Waals surface area contributed by atoms with Crippen molar-refractivity contribution in [2.24, 2.45) is 10.7 Å². The molecule has 0 saturated carbocycles. The molecule has 0 unspecified atom stereocenters. The van der Waals surface area contributed by atoms with Crippen molar-refractivity contribution in [3.8, 4) is 11.1 Å². The van der Waals surface area contributed by atoms with Gasteiger partial charge in [-0.25, -0.2) is 4.99 Å². The highest BCUT2D eigenvalue weighted by atomic mass is 32.1. The van der Waals surface area contributed by atoms with Gasteiger partial charge in [0, 0.05) is 42.1 Å². The average Bonchev–Trinajstić information content (AvgIpc) is 3.59. The molecule has 5 aromatic carbocycles. The van der Waals surface area contributed by atoms with E-state index in [4.69, 9.17) is 15.6 Å². The van der Waals surface area contributed by atoms with Crippen LogP contribution in [-0.2, 0) is 0 Å². The Hall–Kier alpha value is -5.26. The Kier molecular flexibility index (Phi) is 6.49. The molecule has 0 aliphatic heterocycles.